The number of nitrogens with zero attached hydrogens (tertiary/aromatic N) is 2. The van der Waals surface area contributed by atoms with Crippen molar-refractivity contribution in [1.29, 1.82) is 0 Å². The molecule has 1 aromatic heterocycles. The largest absolute Gasteiger partial charge is 0.493 e. The quantitative estimate of drug-likeness (QED) is 0.260. The molecule has 33 heavy (non-hydrogen) atoms. The highest BCUT2D eigenvalue weighted by atomic mass is 16.5. The summed E-state index contributed by atoms with van der Waals surface area (Å²) in [5.74, 6) is 3.13. The molecule has 1 heterocycles. The molecular formula is C29H37N2O2+. The second kappa shape index (κ2) is 10.3. The van der Waals surface area contributed by atoms with Gasteiger partial charge in [-0.1, -0.05) is 64.1 Å². The normalized spacial score (nSPS) is 11.7. The van der Waals surface area contributed by atoms with Crippen LogP contribution in [0, 0.1) is 11.8 Å². The Morgan fingerprint density at radius 3 is 2.18 bits per heavy atom. The van der Waals surface area contributed by atoms with Crippen molar-refractivity contribution in [2.45, 2.75) is 47.1 Å². The van der Waals surface area contributed by atoms with Crippen LogP contribution in [0.4, 0.5) is 0 Å². The third-order valence-corrected chi connectivity index (χ3v) is 6.15. The molecule has 0 aliphatic carbocycles. The number of aromatic nitrogens is 2. The van der Waals surface area contributed by atoms with Gasteiger partial charge in [0.2, 0.25) is 6.33 Å². The summed E-state index contributed by atoms with van der Waals surface area (Å²) in [5, 5.41) is 2.24. The first-order valence-corrected chi connectivity index (χ1v) is 12.2. The monoisotopic (exact) mass is 445 g/mol. The van der Waals surface area contributed by atoms with Crippen molar-refractivity contribution >= 4 is 21.8 Å². The van der Waals surface area contributed by atoms with E-state index in [0.717, 1.165) is 53.8 Å². The number of fused-ring (bicyclic) bond motifs is 2. The Kier molecular flexibility index (Phi) is 7.22. The van der Waals surface area contributed by atoms with Gasteiger partial charge in [0, 0.05) is 16.3 Å². The number of para-hydroxylation sites is 2. The first-order chi connectivity index (χ1) is 15.9. The summed E-state index contributed by atoms with van der Waals surface area (Å²) in [6.45, 7) is 11.1. The van der Waals surface area contributed by atoms with Crippen LogP contribution in [0.2, 0.25) is 0 Å². The molecule has 0 radical (unpaired) electrons. The second-order valence-corrected chi connectivity index (χ2v) is 9.81. The highest BCUT2D eigenvalue weighted by molar-refractivity contribution is 5.94. The fraction of sp³-hybridized carbons (Fsp3) is 0.414. The average Bonchev–Trinajstić information content (AvgIpc) is 3.10. The van der Waals surface area contributed by atoms with Crippen LogP contribution in [0.25, 0.3) is 21.8 Å². The average molecular weight is 446 g/mol. The van der Waals surface area contributed by atoms with Gasteiger partial charge in [0.05, 0.1) is 20.3 Å². The van der Waals surface area contributed by atoms with Gasteiger partial charge in [-0.3, -0.25) is 0 Å². The predicted molar refractivity (Wildman–Crippen MR) is 136 cm³/mol. The molecule has 0 aliphatic rings. The highest BCUT2D eigenvalue weighted by Gasteiger charge is 2.19. The molecule has 0 atom stereocenters. The van der Waals surface area contributed by atoms with Crippen LogP contribution < -0.4 is 14.0 Å². The minimum absolute atomic E-state index is 0.603. The van der Waals surface area contributed by atoms with Gasteiger partial charge in [0.1, 0.15) is 18.0 Å². The predicted octanol–water partition coefficient (Wildman–Crippen LogP) is 6.52. The van der Waals surface area contributed by atoms with Crippen molar-refractivity contribution in [2.75, 3.05) is 13.2 Å². The lowest BCUT2D eigenvalue weighted by Crippen LogP contribution is -2.25. The molecule has 0 fully saturated rings. The number of rotatable bonds is 10. The topological polar surface area (TPSA) is 27.3 Å². The maximum absolute atomic E-state index is 6.47. The Morgan fingerprint density at radius 2 is 1.45 bits per heavy atom. The van der Waals surface area contributed by atoms with E-state index in [4.69, 9.17) is 9.47 Å². The molecule has 0 aliphatic heterocycles. The summed E-state index contributed by atoms with van der Waals surface area (Å²) < 4.78 is 17.3. The molecule has 0 saturated heterocycles. The molecule has 0 amide bonds. The van der Waals surface area contributed by atoms with Crippen LogP contribution >= 0.6 is 0 Å². The molecule has 0 spiro atoms. The van der Waals surface area contributed by atoms with Crippen molar-refractivity contribution in [2.24, 2.45) is 18.9 Å². The standard InChI is InChI=1S/C29H37N2O2/c1-21(2)14-16-32-28-18-23(19-31-20-30(5)26-12-8-9-13-27(26)31)29(33-17-15-22(3)4)25-11-7-6-10-24(25)28/h6-13,18,20-22H,14-17,19H2,1-5H3/q+1. The minimum Gasteiger partial charge on any atom is -0.493 e. The summed E-state index contributed by atoms with van der Waals surface area (Å²) in [6.07, 6.45) is 4.23. The van der Waals surface area contributed by atoms with Gasteiger partial charge < -0.3 is 9.47 Å². The molecule has 3 aromatic carbocycles. The third kappa shape index (κ3) is 5.32. The SMILES string of the molecule is CC(C)CCOc1cc(Cn2c[n+](C)c3ccccc32)c(OCCC(C)C)c2ccccc12. The second-order valence-electron chi connectivity index (χ2n) is 9.81. The van der Waals surface area contributed by atoms with Crippen LogP contribution in [-0.4, -0.2) is 17.8 Å². The maximum atomic E-state index is 6.47. The number of imidazole rings is 1. The van der Waals surface area contributed by atoms with Gasteiger partial charge in [-0.2, -0.15) is 0 Å². The van der Waals surface area contributed by atoms with Crippen molar-refractivity contribution in [1.82, 2.24) is 4.57 Å². The lowest BCUT2D eigenvalue weighted by molar-refractivity contribution is -0.645. The van der Waals surface area contributed by atoms with Crippen molar-refractivity contribution in [3.63, 3.8) is 0 Å². The van der Waals surface area contributed by atoms with E-state index in [-0.39, 0.29) is 0 Å². The lowest BCUT2D eigenvalue weighted by Gasteiger charge is -2.18. The van der Waals surface area contributed by atoms with Crippen LogP contribution in [0.3, 0.4) is 0 Å². The van der Waals surface area contributed by atoms with Crippen molar-refractivity contribution < 1.29 is 14.0 Å². The minimum atomic E-state index is 0.603. The summed E-state index contributed by atoms with van der Waals surface area (Å²) in [4.78, 5) is 0. The molecule has 0 N–H and O–H groups in total. The molecule has 4 nitrogen and oxygen atoms in total. The number of ether oxygens (including phenoxy) is 2. The van der Waals surface area contributed by atoms with Gasteiger partial charge in [0.15, 0.2) is 11.0 Å². The highest BCUT2D eigenvalue weighted by Crippen LogP contribution is 2.38. The molecule has 0 bridgehead atoms. The van der Waals surface area contributed by atoms with E-state index in [0.29, 0.717) is 18.4 Å². The van der Waals surface area contributed by atoms with Crippen LogP contribution in [0.1, 0.15) is 46.1 Å². The van der Waals surface area contributed by atoms with Gasteiger partial charge in [-0.25, -0.2) is 9.13 Å². The Hall–Kier alpha value is -3.01. The number of hydrogen-bond acceptors (Lipinski definition) is 2. The summed E-state index contributed by atoms with van der Waals surface area (Å²) in [7, 11) is 2.10. The first kappa shape index (κ1) is 23.2. The van der Waals surface area contributed by atoms with Crippen LogP contribution in [-0.2, 0) is 13.6 Å². The van der Waals surface area contributed by atoms with E-state index in [1.165, 1.54) is 11.0 Å². The number of benzene rings is 3. The van der Waals surface area contributed by atoms with Gasteiger partial charge in [0.25, 0.3) is 0 Å². The fourth-order valence-corrected chi connectivity index (χ4v) is 4.23. The first-order valence-electron chi connectivity index (χ1n) is 12.2. The summed E-state index contributed by atoms with van der Waals surface area (Å²) in [6, 6.07) is 19.2. The van der Waals surface area contributed by atoms with Crippen LogP contribution in [0.5, 0.6) is 11.5 Å². The molecule has 4 aromatic rings. The molecule has 174 valence electrons. The van der Waals surface area contributed by atoms with Gasteiger partial charge >= 0.3 is 0 Å². The number of hydrogen-bond donors (Lipinski definition) is 0. The van der Waals surface area contributed by atoms with Crippen molar-refractivity contribution in [3.8, 4) is 11.5 Å². The lowest BCUT2D eigenvalue weighted by atomic mass is 10.0. The van der Waals surface area contributed by atoms with Gasteiger partial charge in [-0.05, 0) is 42.9 Å². The molecule has 4 rings (SSSR count). The number of aryl methyl sites for hydroxylation is 1. The fourth-order valence-electron chi connectivity index (χ4n) is 4.23. The van der Waals surface area contributed by atoms with E-state index in [1.807, 2.05) is 0 Å². The molecule has 4 heteroatoms. The van der Waals surface area contributed by atoms with Crippen molar-refractivity contribution in [3.05, 3.63) is 66.5 Å². The maximum Gasteiger partial charge on any atom is 0.244 e. The van der Waals surface area contributed by atoms with E-state index < -0.39 is 0 Å². The summed E-state index contributed by atoms with van der Waals surface area (Å²) in [5.41, 5.74) is 3.58. The molecule has 0 saturated carbocycles. The Labute approximate surface area is 197 Å². The van der Waals surface area contributed by atoms with E-state index >= 15 is 0 Å². The van der Waals surface area contributed by atoms with Crippen LogP contribution in [0.15, 0.2) is 60.9 Å². The zero-order chi connectivity index (χ0) is 23.4. The van der Waals surface area contributed by atoms with Gasteiger partial charge in [-0.15, -0.1) is 0 Å². The smallest absolute Gasteiger partial charge is 0.244 e. The Balaban J connectivity index is 1.78. The third-order valence-electron chi connectivity index (χ3n) is 6.15. The zero-order valence-corrected chi connectivity index (χ0v) is 20.7. The van der Waals surface area contributed by atoms with E-state index in [9.17, 15) is 0 Å². The van der Waals surface area contributed by atoms with E-state index in [2.05, 4.69) is 105 Å². The zero-order valence-electron chi connectivity index (χ0n) is 20.7. The summed E-state index contributed by atoms with van der Waals surface area (Å²) >= 11 is 0. The van der Waals surface area contributed by atoms with E-state index in [1.54, 1.807) is 0 Å². The Bertz CT molecular complexity index is 1220. The molecule has 0 unspecified atom stereocenters. The Morgan fingerprint density at radius 1 is 0.818 bits per heavy atom. The molecular weight excluding hydrogens is 408 g/mol.